The first-order valence-electron chi connectivity index (χ1n) is 8.55. The van der Waals surface area contributed by atoms with Crippen LogP contribution in [0.2, 0.25) is 0 Å². The van der Waals surface area contributed by atoms with Crippen molar-refractivity contribution < 1.29 is 4.79 Å². The fraction of sp³-hybridized carbons (Fsp3) is 0.421. The van der Waals surface area contributed by atoms with E-state index in [1.165, 1.54) is 17.3 Å². The van der Waals surface area contributed by atoms with Crippen molar-refractivity contribution in [1.29, 1.82) is 0 Å². The van der Waals surface area contributed by atoms with Crippen molar-refractivity contribution in [2.24, 2.45) is 0 Å². The second kappa shape index (κ2) is 8.85. The van der Waals surface area contributed by atoms with Gasteiger partial charge in [-0.25, -0.2) is 0 Å². The monoisotopic (exact) mass is 358 g/mol. The maximum absolute atomic E-state index is 12.6. The smallest absolute Gasteiger partial charge is 0.237 e. The van der Waals surface area contributed by atoms with Crippen LogP contribution in [-0.4, -0.2) is 25.9 Å². The fourth-order valence-corrected chi connectivity index (χ4v) is 3.40. The first-order chi connectivity index (χ1) is 12.0. The summed E-state index contributed by atoms with van der Waals surface area (Å²) in [6.45, 7) is 12.5. The number of allylic oxidation sites excluding steroid dienone is 1. The molecule has 1 aromatic heterocycles. The molecule has 0 saturated carbocycles. The molecular weight excluding hydrogens is 332 g/mol. The van der Waals surface area contributed by atoms with Gasteiger partial charge in [-0.2, -0.15) is 0 Å². The zero-order valence-corrected chi connectivity index (χ0v) is 16.1. The number of nitrogens with one attached hydrogen (secondary N) is 1. The quantitative estimate of drug-likeness (QED) is 0.561. The molecule has 0 spiro atoms. The number of amides is 1. The minimum atomic E-state index is -0.280. The molecule has 2 atom stereocenters. The van der Waals surface area contributed by atoms with Gasteiger partial charge < -0.3 is 9.88 Å². The van der Waals surface area contributed by atoms with Crippen LogP contribution in [0.5, 0.6) is 0 Å². The zero-order valence-electron chi connectivity index (χ0n) is 15.3. The van der Waals surface area contributed by atoms with Crippen molar-refractivity contribution in [3.63, 3.8) is 0 Å². The number of nitrogens with zero attached hydrogens (tertiary/aromatic N) is 3. The van der Waals surface area contributed by atoms with E-state index in [2.05, 4.69) is 42.0 Å². The van der Waals surface area contributed by atoms with E-state index in [0.717, 1.165) is 23.1 Å². The third-order valence-electron chi connectivity index (χ3n) is 4.23. The minimum Gasteiger partial charge on any atom is -0.325 e. The van der Waals surface area contributed by atoms with Crippen molar-refractivity contribution in [3.05, 3.63) is 48.3 Å². The van der Waals surface area contributed by atoms with Crippen molar-refractivity contribution in [2.75, 3.05) is 5.32 Å². The number of carbonyl (C=O) groups is 1. The standard InChI is InChI=1S/C19H26N4OS/c1-6-12-23-15(5)21-22-19(23)25-14(4)18(24)20-17-11-9-8-10-16(17)13(3)7-2/h6,8-11,13-14H,1,7,12H2,2-5H3,(H,20,24). The molecule has 2 unspecified atom stereocenters. The van der Waals surface area contributed by atoms with E-state index in [1.54, 1.807) is 6.08 Å². The molecule has 1 N–H and O–H groups in total. The number of para-hydroxylation sites is 1. The number of hydrogen-bond donors (Lipinski definition) is 1. The Morgan fingerprint density at radius 1 is 1.36 bits per heavy atom. The number of benzene rings is 1. The number of aryl methyl sites for hydroxylation is 1. The van der Waals surface area contributed by atoms with Gasteiger partial charge in [-0.15, -0.1) is 16.8 Å². The molecule has 0 fully saturated rings. The molecular formula is C19H26N4OS. The summed E-state index contributed by atoms with van der Waals surface area (Å²) in [5.41, 5.74) is 2.05. The van der Waals surface area contributed by atoms with Gasteiger partial charge >= 0.3 is 0 Å². The Labute approximate surface area is 153 Å². The van der Waals surface area contributed by atoms with E-state index >= 15 is 0 Å². The van der Waals surface area contributed by atoms with Crippen LogP contribution in [0.4, 0.5) is 5.69 Å². The SMILES string of the molecule is C=CCn1c(C)nnc1SC(C)C(=O)Nc1ccccc1C(C)CC. The van der Waals surface area contributed by atoms with E-state index in [9.17, 15) is 4.79 Å². The van der Waals surface area contributed by atoms with Gasteiger partial charge in [-0.3, -0.25) is 4.79 Å². The predicted octanol–water partition coefficient (Wildman–Crippen LogP) is 4.41. The van der Waals surface area contributed by atoms with Crippen LogP contribution in [0, 0.1) is 6.92 Å². The molecule has 0 radical (unpaired) electrons. The largest absolute Gasteiger partial charge is 0.325 e. The second-order valence-electron chi connectivity index (χ2n) is 6.07. The predicted molar refractivity (Wildman–Crippen MR) is 104 cm³/mol. The van der Waals surface area contributed by atoms with Crippen LogP contribution >= 0.6 is 11.8 Å². The maximum atomic E-state index is 12.6. The van der Waals surface area contributed by atoms with Crippen molar-refractivity contribution in [3.8, 4) is 0 Å². The summed E-state index contributed by atoms with van der Waals surface area (Å²) in [5.74, 6) is 1.18. The summed E-state index contributed by atoms with van der Waals surface area (Å²) in [6, 6.07) is 7.99. The molecule has 1 heterocycles. The van der Waals surface area contributed by atoms with Gasteiger partial charge in [-0.1, -0.05) is 49.9 Å². The van der Waals surface area contributed by atoms with E-state index in [4.69, 9.17) is 0 Å². The van der Waals surface area contributed by atoms with Gasteiger partial charge in [0.2, 0.25) is 5.91 Å². The molecule has 0 aliphatic rings. The third-order valence-corrected chi connectivity index (χ3v) is 5.31. The van der Waals surface area contributed by atoms with Gasteiger partial charge in [0.15, 0.2) is 5.16 Å². The molecule has 0 aliphatic heterocycles. The molecule has 134 valence electrons. The van der Waals surface area contributed by atoms with Crippen molar-refractivity contribution >= 4 is 23.4 Å². The number of hydrogen-bond acceptors (Lipinski definition) is 4. The van der Waals surface area contributed by atoms with Crippen LogP contribution in [0.15, 0.2) is 42.1 Å². The first-order valence-corrected chi connectivity index (χ1v) is 9.43. The van der Waals surface area contributed by atoms with Crippen LogP contribution < -0.4 is 5.32 Å². The minimum absolute atomic E-state index is 0.0356. The number of thioether (sulfide) groups is 1. The molecule has 0 aliphatic carbocycles. The summed E-state index contributed by atoms with van der Waals surface area (Å²) >= 11 is 1.41. The Morgan fingerprint density at radius 3 is 2.76 bits per heavy atom. The summed E-state index contributed by atoms with van der Waals surface area (Å²) < 4.78 is 1.95. The molecule has 2 rings (SSSR count). The van der Waals surface area contributed by atoms with Crippen LogP contribution in [0.25, 0.3) is 0 Å². The molecule has 1 amide bonds. The Kier molecular flexibility index (Phi) is 6.82. The number of anilines is 1. The van der Waals surface area contributed by atoms with E-state index in [-0.39, 0.29) is 11.2 Å². The highest BCUT2D eigenvalue weighted by atomic mass is 32.2. The Morgan fingerprint density at radius 2 is 2.08 bits per heavy atom. The number of aromatic nitrogens is 3. The van der Waals surface area contributed by atoms with Gasteiger partial charge in [0.25, 0.3) is 0 Å². The molecule has 0 bridgehead atoms. The summed E-state index contributed by atoms with van der Waals surface area (Å²) in [4.78, 5) is 12.6. The Balaban J connectivity index is 2.10. The van der Waals surface area contributed by atoms with Gasteiger partial charge in [-0.05, 0) is 37.8 Å². The zero-order chi connectivity index (χ0) is 18.4. The van der Waals surface area contributed by atoms with Gasteiger partial charge in [0.1, 0.15) is 5.82 Å². The Hall–Kier alpha value is -2.08. The number of carbonyl (C=O) groups excluding carboxylic acids is 1. The van der Waals surface area contributed by atoms with E-state index in [0.29, 0.717) is 12.5 Å². The van der Waals surface area contributed by atoms with E-state index in [1.807, 2.05) is 36.6 Å². The van der Waals surface area contributed by atoms with Crippen molar-refractivity contribution in [1.82, 2.24) is 14.8 Å². The van der Waals surface area contributed by atoms with Crippen LogP contribution in [0.1, 0.15) is 44.5 Å². The second-order valence-corrected chi connectivity index (χ2v) is 7.38. The summed E-state index contributed by atoms with van der Waals surface area (Å²) in [5, 5.41) is 11.8. The van der Waals surface area contributed by atoms with Crippen LogP contribution in [0.3, 0.4) is 0 Å². The highest BCUT2D eigenvalue weighted by Gasteiger charge is 2.20. The maximum Gasteiger partial charge on any atom is 0.237 e. The first kappa shape index (κ1) is 19.2. The summed E-state index contributed by atoms with van der Waals surface area (Å²) in [7, 11) is 0. The third kappa shape index (κ3) is 4.72. The molecule has 1 aromatic carbocycles. The topological polar surface area (TPSA) is 59.8 Å². The lowest BCUT2D eigenvalue weighted by Gasteiger charge is -2.17. The molecule has 5 nitrogen and oxygen atoms in total. The lowest BCUT2D eigenvalue weighted by atomic mass is 9.97. The summed E-state index contributed by atoms with van der Waals surface area (Å²) in [6.07, 6.45) is 2.83. The molecule has 6 heteroatoms. The van der Waals surface area contributed by atoms with Gasteiger partial charge in [0, 0.05) is 12.2 Å². The highest BCUT2D eigenvalue weighted by Crippen LogP contribution is 2.28. The lowest BCUT2D eigenvalue weighted by Crippen LogP contribution is -2.23. The number of rotatable bonds is 8. The lowest BCUT2D eigenvalue weighted by molar-refractivity contribution is -0.115. The van der Waals surface area contributed by atoms with Gasteiger partial charge in [0.05, 0.1) is 5.25 Å². The Bertz CT molecular complexity index is 741. The highest BCUT2D eigenvalue weighted by molar-refractivity contribution is 8.00. The fourth-order valence-electron chi connectivity index (χ4n) is 2.49. The average Bonchev–Trinajstić information content (AvgIpc) is 2.95. The van der Waals surface area contributed by atoms with Crippen molar-refractivity contribution in [2.45, 2.75) is 57.0 Å². The average molecular weight is 359 g/mol. The van der Waals surface area contributed by atoms with E-state index < -0.39 is 0 Å². The molecule has 0 saturated heterocycles. The molecule has 25 heavy (non-hydrogen) atoms. The molecule has 2 aromatic rings. The normalized spacial score (nSPS) is 13.3. The van der Waals surface area contributed by atoms with Crippen LogP contribution in [-0.2, 0) is 11.3 Å².